The highest BCUT2D eigenvalue weighted by atomic mass is 19.4. The lowest BCUT2D eigenvalue weighted by molar-refractivity contribution is 0.00818. The molecule has 0 fully saturated rings. The van der Waals surface area contributed by atoms with Crippen LogP contribution in [0.25, 0.3) is 0 Å². The molecule has 0 unspecified atom stereocenters. The van der Waals surface area contributed by atoms with E-state index in [1.165, 1.54) is 7.11 Å². The van der Waals surface area contributed by atoms with Gasteiger partial charge in [-0.1, -0.05) is 18.2 Å². The van der Waals surface area contributed by atoms with E-state index in [1.807, 2.05) is 6.07 Å². The van der Waals surface area contributed by atoms with Gasteiger partial charge >= 0.3 is 12.6 Å². The number of hydrogen-bond acceptors (Lipinski definition) is 2. The molecule has 0 aromatic heterocycles. The molecule has 1 aromatic carbocycles. The van der Waals surface area contributed by atoms with Gasteiger partial charge in [0.1, 0.15) is 0 Å². The molecule has 1 aromatic rings. The summed E-state index contributed by atoms with van der Waals surface area (Å²) in [4.78, 5) is 10.8. The first kappa shape index (κ1) is 12.5. The number of carbonyl (C=O) groups excluding carboxylic acids is 1. The molecule has 0 aliphatic heterocycles. The minimum Gasteiger partial charge on any atom is -0.465 e. The van der Waals surface area contributed by atoms with Crippen LogP contribution in [-0.4, -0.2) is 19.8 Å². The number of methoxy groups -OCH3 is 1. The third-order valence-electron chi connectivity index (χ3n) is 1.19. The topological polar surface area (TPSA) is 26.3 Å². The monoisotopic (exact) mass is 206 g/mol. The van der Waals surface area contributed by atoms with Crippen molar-refractivity contribution in [3.8, 4) is 0 Å². The zero-order valence-corrected chi connectivity index (χ0v) is 7.41. The van der Waals surface area contributed by atoms with Crippen LogP contribution in [0.5, 0.6) is 0 Å². The highest BCUT2D eigenvalue weighted by molar-refractivity contribution is 5.89. The van der Waals surface area contributed by atoms with E-state index in [0.29, 0.717) is 5.56 Å². The first-order chi connectivity index (χ1) is 6.57. The van der Waals surface area contributed by atoms with Crippen molar-refractivity contribution in [1.82, 2.24) is 0 Å². The van der Waals surface area contributed by atoms with Crippen molar-refractivity contribution in [2.75, 3.05) is 7.11 Å². The zero-order chi connectivity index (χ0) is 11.0. The predicted molar refractivity (Wildman–Crippen MR) is 44.9 cm³/mol. The summed E-state index contributed by atoms with van der Waals surface area (Å²) < 4.78 is 33.5. The molecule has 0 aliphatic rings. The van der Waals surface area contributed by atoms with Crippen molar-refractivity contribution < 1.29 is 22.7 Å². The van der Waals surface area contributed by atoms with Gasteiger partial charge in [0, 0.05) is 0 Å². The lowest BCUT2D eigenvalue weighted by Gasteiger charge is -1.95. The van der Waals surface area contributed by atoms with E-state index in [4.69, 9.17) is 0 Å². The molecule has 0 saturated carbocycles. The molecule has 0 radical (unpaired) electrons. The average molecular weight is 206 g/mol. The van der Waals surface area contributed by atoms with Gasteiger partial charge in [-0.15, -0.1) is 0 Å². The number of hydrogen-bond donors (Lipinski definition) is 0. The lowest BCUT2D eigenvalue weighted by Crippen LogP contribution is -1.99. The third kappa shape index (κ3) is 6.05. The van der Waals surface area contributed by atoms with Crippen LogP contribution in [-0.2, 0) is 4.74 Å². The number of alkyl halides is 3. The van der Waals surface area contributed by atoms with Crippen molar-refractivity contribution >= 4 is 5.97 Å². The fourth-order valence-electron chi connectivity index (χ4n) is 0.692. The number of halogens is 3. The largest absolute Gasteiger partial charge is 0.465 e. The highest BCUT2D eigenvalue weighted by Gasteiger charge is 2.00. The van der Waals surface area contributed by atoms with Gasteiger partial charge in [-0.2, -0.15) is 13.2 Å². The molecule has 0 saturated heterocycles. The summed E-state index contributed by atoms with van der Waals surface area (Å²) in [5, 5.41) is 0. The van der Waals surface area contributed by atoms with Crippen molar-refractivity contribution in [3.05, 3.63) is 35.9 Å². The van der Waals surface area contributed by atoms with E-state index in [0.717, 1.165) is 0 Å². The van der Waals surface area contributed by atoms with Crippen LogP contribution in [0, 0.1) is 0 Å². The molecule has 78 valence electrons. The Balaban J connectivity index is 0.000000364. The van der Waals surface area contributed by atoms with E-state index in [2.05, 4.69) is 4.74 Å². The summed E-state index contributed by atoms with van der Waals surface area (Å²) in [7, 11) is 1.37. The van der Waals surface area contributed by atoms with Crippen molar-refractivity contribution in [3.63, 3.8) is 0 Å². The number of esters is 1. The van der Waals surface area contributed by atoms with Crippen LogP contribution < -0.4 is 0 Å². The first-order valence-electron chi connectivity index (χ1n) is 3.63. The number of benzene rings is 1. The molecule has 0 aliphatic carbocycles. The summed E-state index contributed by atoms with van der Waals surface area (Å²) in [6, 6.07) is 8.88. The first-order valence-corrected chi connectivity index (χ1v) is 3.63. The Morgan fingerprint density at radius 2 is 1.64 bits per heavy atom. The maximum absolute atomic E-state index is 10.8. The van der Waals surface area contributed by atoms with Crippen molar-refractivity contribution in [2.24, 2.45) is 0 Å². The predicted octanol–water partition coefficient (Wildman–Crippen LogP) is 2.65. The van der Waals surface area contributed by atoms with E-state index < -0.39 is 6.68 Å². The van der Waals surface area contributed by atoms with Gasteiger partial charge in [0.05, 0.1) is 12.7 Å². The Hall–Kier alpha value is -1.52. The van der Waals surface area contributed by atoms with Crippen LogP contribution in [0.15, 0.2) is 30.3 Å². The van der Waals surface area contributed by atoms with Crippen LogP contribution in [0.4, 0.5) is 13.2 Å². The number of rotatable bonds is 1. The molecule has 14 heavy (non-hydrogen) atoms. The average Bonchev–Trinajstić information content (AvgIpc) is 2.17. The minimum atomic E-state index is -3.67. The van der Waals surface area contributed by atoms with Gasteiger partial charge < -0.3 is 4.74 Å². The van der Waals surface area contributed by atoms with Crippen molar-refractivity contribution in [2.45, 2.75) is 6.68 Å². The maximum Gasteiger partial charge on any atom is 0.379 e. The number of ether oxygens (including phenoxy) is 1. The normalized spacial score (nSPS) is 8.93. The summed E-state index contributed by atoms with van der Waals surface area (Å²) in [6.45, 7) is -3.67. The van der Waals surface area contributed by atoms with Crippen molar-refractivity contribution in [1.29, 1.82) is 0 Å². The van der Waals surface area contributed by atoms with Gasteiger partial charge in [-0.05, 0) is 12.1 Å². The smallest absolute Gasteiger partial charge is 0.379 e. The maximum atomic E-state index is 10.8. The van der Waals surface area contributed by atoms with Gasteiger partial charge in [0.15, 0.2) is 0 Å². The molecule has 0 N–H and O–H groups in total. The summed E-state index contributed by atoms with van der Waals surface area (Å²) in [6.07, 6.45) is 0. The zero-order valence-electron chi connectivity index (χ0n) is 7.41. The molecule has 0 spiro atoms. The Morgan fingerprint density at radius 1 is 1.21 bits per heavy atom. The van der Waals surface area contributed by atoms with Gasteiger partial charge in [0.2, 0.25) is 0 Å². The van der Waals surface area contributed by atoms with E-state index in [1.54, 1.807) is 24.3 Å². The molecule has 0 amide bonds. The van der Waals surface area contributed by atoms with Gasteiger partial charge in [-0.25, -0.2) is 4.79 Å². The second-order valence-corrected chi connectivity index (χ2v) is 2.11. The molecule has 1 rings (SSSR count). The Bertz CT molecular complexity index is 259. The van der Waals surface area contributed by atoms with E-state index in [-0.39, 0.29) is 5.97 Å². The lowest BCUT2D eigenvalue weighted by atomic mass is 10.2. The Morgan fingerprint density at radius 3 is 2.00 bits per heavy atom. The standard InChI is InChI=1S/C8H8O2.CHF3/c1-10-8(9)7-5-3-2-4-6-7;2-1(3)4/h2-6H,1H3;1H. The van der Waals surface area contributed by atoms with E-state index >= 15 is 0 Å². The minimum absolute atomic E-state index is 0.291. The fourth-order valence-corrected chi connectivity index (χ4v) is 0.692. The Labute approximate surface area is 79.3 Å². The van der Waals surface area contributed by atoms with Gasteiger partial charge in [0.25, 0.3) is 0 Å². The van der Waals surface area contributed by atoms with Crippen LogP contribution in [0.1, 0.15) is 10.4 Å². The molecule has 0 bridgehead atoms. The summed E-state index contributed by atoms with van der Waals surface area (Å²) in [5.41, 5.74) is 0.588. The third-order valence-corrected chi connectivity index (χ3v) is 1.19. The second-order valence-electron chi connectivity index (χ2n) is 2.11. The van der Waals surface area contributed by atoms with E-state index in [9.17, 15) is 18.0 Å². The van der Waals surface area contributed by atoms with Crippen LogP contribution in [0.3, 0.4) is 0 Å². The fraction of sp³-hybridized carbons (Fsp3) is 0.222. The second kappa shape index (κ2) is 6.94. The molecular weight excluding hydrogens is 197 g/mol. The summed E-state index contributed by atoms with van der Waals surface area (Å²) in [5.74, 6) is -0.291. The number of carbonyl (C=O) groups is 1. The molecule has 0 atom stereocenters. The highest BCUT2D eigenvalue weighted by Crippen LogP contribution is 1.98. The molecular formula is C9H9F3O2. The molecule has 5 heteroatoms. The van der Waals surface area contributed by atoms with Gasteiger partial charge in [-0.3, -0.25) is 0 Å². The summed E-state index contributed by atoms with van der Waals surface area (Å²) >= 11 is 0. The Kier molecular flexibility index (Phi) is 6.19. The molecule has 2 nitrogen and oxygen atoms in total. The quantitative estimate of drug-likeness (QED) is 0.660. The van der Waals surface area contributed by atoms with Crippen LogP contribution in [0.2, 0.25) is 0 Å². The van der Waals surface area contributed by atoms with Crippen LogP contribution >= 0.6 is 0 Å². The molecule has 0 heterocycles. The SMILES string of the molecule is COC(=O)c1ccccc1.FC(F)F.